The lowest BCUT2D eigenvalue weighted by Gasteiger charge is -2.11. The van der Waals surface area contributed by atoms with Crippen molar-refractivity contribution >= 4 is 30.8 Å². The van der Waals surface area contributed by atoms with E-state index in [4.69, 9.17) is 33.0 Å². The van der Waals surface area contributed by atoms with Crippen molar-refractivity contribution in [2.75, 3.05) is 0 Å². The SMILES string of the molecule is CC(Cl)C/C=C(/CC(C)Cl)P(=O)(O)O. The van der Waals surface area contributed by atoms with Crippen LogP contribution < -0.4 is 0 Å². The summed E-state index contributed by atoms with van der Waals surface area (Å²) in [5, 5.41) is -0.353. The summed E-state index contributed by atoms with van der Waals surface area (Å²) in [5.74, 6) is 0. The fraction of sp³-hybridized carbons (Fsp3) is 0.750. The standard InChI is InChI=1S/C8H15Cl2O3P/c1-6(9)3-4-8(5-7(2)10)14(11,12)13/h4,6-7H,3,5H2,1-2H3,(H2,11,12,13)/b8-4-. The maximum absolute atomic E-state index is 11.0. The van der Waals surface area contributed by atoms with E-state index in [0.29, 0.717) is 6.42 Å². The van der Waals surface area contributed by atoms with E-state index in [1.54, 1.807) is 13.8 Å². The van der Waals surface area contributed by atoms with Crippen LogP contribution in [0.1, 0.15) is 26.7 Å². The highest BCUT2D eigenvalue weighted by Gasteiger charge is 2.21. The van der Waals surface area contributed by atoms with Crippen LogP contribution in [-0.2, 0) is 4.57 Å². The minimum Gasteiger partial charge on any atom is -0.321 e. The molecule has 0 radical (unpaired) electrons. The van der Waals surface area contributed by atoms with Gasteiger partial charge in [0.25, 0.3) is 0 Å². The number of rotatable bonds is 5. The number of halogens is 2. The number of hydrogen-bond acceptors (Lipinski definition) is 1. The molecule has 0 amide bonds. The summed E-state index contributed by atoms with van der Waals surface area (Å²) < 4.78 is 11.0. The van der Waals surface area contributed by atoms with Gasteiger partial charge < -0.3 is 9.79 Å². The quantitative estimate of drug-likeness (QED) is 0.590. The van der Waals surface area contributed by atoms with E-state index in [0.717, 1.165) is 0 Å². The molecule has 0 spiro atoms. The van der Waals surface area contributed by atoms with E-state index >= 15 is 0 Å². The van der Waals surface area contributed by atoms with Gasteiger partial charge in [-0.2, -0.15) is 0 Å². The van der Waals surface area contributed by atoms with Gasteiger partial charge in [-0.3, -0.25) is 4.57 Å². The van der Waals surface area contributed by atoms with E-state index < -0.39 is 7.60 Å². The van der Waals surface area contributed by atoms with Crippen LogP contribution in [0.5, 0.6) is 0 Å². The zero-order valence-corrected chi connectivity index (χ0v) is 10.6. The monoisotopic (exact) mass is 260 g/mol. The van der Waals surface area contributed by atoms with Crippen LogP contribution >= 0.6 is 30.8 Å². The van der Waals surface area contributed by atoms with Crippen LogP contribution in [0, 0.1) is 0 Å². The summed E-state index contributed by atoms with van der Waals surface area (Å²) >= 11 is 11.4. The second-order valence-corrected chi connectivity index (χ2v) is 6.39. The fourth-order valence-corrected chi connectivity index (χ4v) is 2.13. The summed E-state index contributed by atoms with van der Waals surface area (Å²) in [7, 11) is -4.17. The minimum absolute atomic E-state index is 0.0764. The second kappa shape index (κ2) is 6.14. The van der Waals surface area contributed by atoms with Crippen LogP contribution in [0.2, 0.25) is 0 Å². The molecule has 14 heavy (non-hydrogen) atoms. The maximum Gasteiger partial charge on any atom is 0.351 e. The molecular weight excluding hydrogens is 246 g/mol. The summed E-state index contributed by atoms with van der Waals surface area (Å²) in [4.78, 5) is 18.0. The van der Waals surface area contributed by atoms with Crippen molar-refractivity contribution in [3.8, 4) is 0 Å². The molecule has 0 aromatic heterocycles. The zero-order chi connectivity index (χ0) is 11.4. The lowest BCUT2D eigenvalue weighted by Crippen LogP contribution is -1.97. The molecule has 0 fully saturated rings. The Labute approximate surface area is 94.3 Å². The summed E-state index contributed by atoms with van der Waals surface area (Å²) in [5.41, 5.74) is 0. The van der Waals surface area contributed by atoms with Crippen LogP contribution in [0.25, 0.3) is 0 Å². The first-order valence-corrected chi connectivity index (χ1v) is 6.75. The van der Waals surface area contributed by atoms with E-state index in [1.807, 2.05) is 0 Å². The largest absolute Gasteiger partial charge is 0.351 e. The molecule has 0 rings (SSSR count). The predicted octanol–water partition coefficient (Wildman–Crippen LogP) is 3.08. The first kappa shape index (κ1) is 14.5. The Balaban J connectivity index is 4.56. The molecule has 0 saturated carbocycles. The summed E-state index contributed by atoms with van der Waals surface area (Å²) in [6, 6.07) is 0. The average molecular weight is 261 g/mol. The lowest BCUT2D eigenvalue weighted by molar-refractivity contribution is 0.380. The third kappa shape index (κ3) is 6.86. The Bertz CT molecular complexity index is 245. The molecule has 0 aromatic carbocycles. The molecule has 84 valence electrons. The van der Waals surface area contributed by atoms with E-state index in [9.17, 15) is 4.57 Å². The van der Waals surface area contributed by atoms with Gasteiger partial charge in [-0.1, -0.05) is 6.08 Å². The van der Waals surface area contributed by atoms with Crippen molar-refractivity contribution in [2.24, 2.45) is 0 Å². The highest BCUT2D eigenvalue weighted by molar-refractivity contribution is 7.56. The van der Waals surface area contributed by atoms with Crippen molar-refractivity contribution in [1.29, 1.82) is 0 Å². The highest BCUT2D eigenvalue weighted by atomic mass is 35.5. The van der Waals surface area contributed by atoms with Crippen molar-refractivity contribution in [3.05, 3.63) is 11.4 Å². The molecule has 0 saturated heterocycles. The molecule has 0 aliphatic heterocycles. The zero-order valence-electron chi connectivity index (χ0n) is 8.15. The van der Waals surface area contributed by atoms with Crippen LogP contribution in [0.3, 0.4) is 0 Å². The van der Waals surface area contributed by atoms with Gasteiger partial charge in [0.05, 0.1) is 0 Å². The van der Waals surface area contributed by atoms with Crippen LogP contribution in [-0.4, -0.2) is 20.5 Å². The fourth-order valence-electron chi connectivity index (χ4n) is 0.908. The summed E-state index contributed by atoms with van der Waals surface area (Å²) in [6.45, 7) is 3.45. The molecule has 2 N–H and O–H groups in total. The molecule has 0 bridgehead atoms. The second-order valence-electron chi connectivity index (χ2n) is 3.24. The van der Waals surface area contributed by atoms with Crippen molar-refractivity contribution in [2.45, 2.75) is 37.4 Å². The van der Waals surface area contributed by atoms with E-state index in [2.05, 4.69) is 0 Å². The topological polar surface area (TPSA) is 57.5 Å². The van der Waals surface area contributed by atoms with Gasteiger partial charge in [-0.15, -0.1) is 23.2 Å². The van der Waals surface area contributed by atoms with Gasteiger partial charge in [-0.25, -0.2) is 0 Å². The van der Waals surface area contributed by atoms with Gasteiger partial charge in [0.2, 0.25) is 0 Å². The Kier molecular flexibility index (Phi) is 6.35. The number of hydrogen-bond donors (Lipinski definition) is 2. The van der Waals surface area contributed by atoms with Crippen molar-refractivity contribution in [1.82, 2.24) is 0 Å². The van der Waals surface area contributed by atoms with Crippen LogP contribution in [0.4, 0.5) is 0 Å². The smallest absolute Gasteiger partial charge is 0.321 e. The van der Waals surface area contributed by atoms with Gasteiger partial charge in [-0.05, 0) is 26.7 Å². The first-order valence-electron chi connectivity index (χ1n) is 4.26. The van der Waals surface area contributed by atoms with Gasteiger partial charge in [0, 0.05) is 16.1 Å². The van der Waals surface area contributed by atoms with E-state index in [-0.39, 0.29) is 22.5 Å². The third-order valence-corrected chi connectivity index (χ3v) is 2.99. The molecule has 3 nitrogen and oxygen atoms in total. The predicted molar refractivity (Wildman–Crippen MR) is 60.0 cm³/mol. The molecule has 0 heterocycles. The number of alkyl halides is 2. The molecule has 0 aliphatic carbocycles. The lowest BCUT2D eigenvalue weighted by atomic mass is 10.2. The highest BCUT2D eigenvalue weighted by Crippen LogP contribution is 2.47. The normalized spacial score (nSPS) is 18.0. The molecular formula is C8H15Cl2O3P. The molecule has 0 aromatic rings. The van der Waals surface area contributed by atoms with Gasteiger partial charge in [0.1, 0.15) is 0 Å². The van der Waals surface area contributed by atoms with Crippen molar-refractivity contribution < 1.29 is 14.4 Å². The van der Waals surface area contributed by atoms with Crippen LogP contribution in [0.15, 0.2) is 11.4 Å². The Morgan fingerprint density at radius 3 is 2.14 bits per heavy atom. The Morgan fingerprint density at radius 1 is 1.36 bits per heavy atom. The maximum atomic E-state index is 11.0. The van der Waals surface area contributed by atoms with E-state index in [1.165, 1.54) is 6.08 Å². The average Bonchev–Trinajstić information content (AvgIpc) is 1.94. The minimum atomic E-state index is -4.17. The molecule has 0 aliphatic rings. The van der Waals surface area contributed by atoms with Gasteiger partial charge >= 0.3 is 7.60 Å². The first-order chi connectivity index (χ1) is 6.23. The number of allylic oxidation sites excluding steroid dienone is 2. The molecule has 6 heteroatoms. The third-order valence-electron chi connectivity index (χ3n) is 1.54. The Hall–Kier alpha value is 0.470. The molecule has 2 unspecified atom stereocenters. The molecule has 2 atom stereocenters. The van der Waals surface area contributed by atoms with Crippen molar-refractivity contribution in [3.63, 3.8) is 0 Å². The summed E-state index contributed by atoms with van der Waals surface area (Å²) in [6.07, 6.45) is 2.11. The van der Waals surface area contributed by atoms with Gasteiger partial charge in [0.15, 0.2) is 0 Å². The Morgan fingerprint density at radius 2 is 1.86 bits per heavy atom.